The fraction of sp³-hybridized carbons (Fsp3) is 0.238. The number of likely N-dealkylation sites (N-methyl/N-ethyl adjacent to an activating group) is 1. The molecule has 28 heavy (non-hydrogen) atoms. The smallest absolute Gasteiger partial charge is 0.251 e. The second kappa shape index (κ2) is 9.45. The minimum absolute atomic E-state index is 0.148. The number of nitrogens with one attached hydrogen (secondary N) is 2. The van der Waals surface area contributed by atoms with Crippen LogP contribution in [0.25, 0.3) is 0 Å². The van der Waals surface area contributed by atoms with Crippen LogP contribution in [0.1, 0.15) is 21.6 Å². The van der Waals surface area contributed by atoms with Crippen molar-refractivity contribution in [1.82, 2.24) is 20.3 Å². The molecule has 0 aromatic carbocycles. The van der Waals surface area contributed by atoms with E-state index in [0.717, 1.165) is 30.0 Å². The van der Waals surface area contributed by atoms with Gasteiger partial charge in [-0.25, -0.2) is 9.97 Å². The van der Waals surface area contributed by atoms with E-state index in [1.807, 2.05) is 37.4 Å². The van der Waals surface area contributed by atoms with Crippen LogP contribution < -0.4 is 15.5 Å². The lowest BCUT2D eigenvalue weighted by Gasteiger charge is -2.21. The predicted molar refractivity (Wildman–Crippen MR) is 110 cm³/mol. The van der Waals surface area contributed by atoms with Crippen molar-refractivity contribution in [2.45, 2.75) is 13.0 Å². The Hall–Kier alpha value is -3.48. The van der Waals surface area contributed by atoms with Gasteiger partial charge in [0.25, 0.3) is 5.91 Å². The van der Waals surface area contributed by atoms with Crippen LogP contribution >= 0.6 is 0 Å². The van der Waals surface area contributed by atoms with E-state index in [1.165, 1.54) is 0 Å². The summed E-state index contributed by atoms with van der Waals surface area (Å²) < 4.78 is 0. The minimum Gasteiger partial charge on any atom is -0.373 e. The van der Waals surface area contributed by atoms with Crippen LogP contribution in [0.4, 0.5) is 11.6 Å². The molecular formula is C21H24N6O. The van der Waals surface area contributed by atoms with Crippen molar-refractivity contribution in [3.63, 3.8) is 0 Å². The van der Waals surface area contributed by atoms with Crippen molar-refractivity contribution in [3.05, 3.63) is 77.9 Å². The van der Waals surface area contributed by atoms with Crippen LogP contribution in [0.15, 0.2) is 61.1 Å². The first-order valence-electron chi connectivity index (χ1n) is 9.14. The monoisotopic (exact) mass is 376 g/mol. The van der Waals surface area contributed by atoms with Gasteiger partial charge < -0.3 is 15.5 Å². The summed E-state index contributed by atoms with van der Waals surface area (Å²) in [5, 5.41) is 5.90. The molecule has 144 valence electrons. The van der Waals surface area contributed by atoms with E-state index in [2.05, 4.69) is 30.5 Å². The summed E-state index contributed by atoms with van der Waals surface area (Å²) in [5.41, 5.74) is 2.56. The van der Waals surface area contributed by atoms with Gasteiger partial charge >= 0.3 is 0 Å². The third kappa shape index (κ3) is 5.03. The lowest BCUT2D eigenvalue weighted by molar-refractivity contribution is 0.0951. The molecule has 0 fully saturated rings. The normalized spacial score (nSPS) is 10.4. The molecule has 0 bridgehead atoms. The lowest BCUT2D eigenvalue weighted by atomic mass is 10.2. The Morgan fingerprint density at radius 3 is 2.68 bits per heavy atom. The quantitative estimate of drug-likeness (QED) is 0.629. The summed E-state index contributed by atoms with van der Waals surface area (Å²) >= 11 is 0. The molecule has 3 rings (SSSR count). The molecule has 7 nitrogen and oxygen atoms in total. The molecule has 3 aromatic rings. The number of anilines is 2. The van der Waals surface area contributed by atoms with Crippen LogP contribution in [-0.4, -0.2) is 41.5 Å². The van der Waals surface area contributed by atoms with Gasteiger partial charge in [0.15, 0.2) is 0 Å². The van der Waals surface area contributed by atoms with Gasteiger partial charge in [-0.15, -0.1) is 0 Å². The minimum atomic E-state index is -0.148. The summed E-state index contributed by atoms with van der Waals surface area (Å²) in [4.78, 5) is 27.5. The van der Waals surface area contributed by atoms with Gasteiger partial charge in [-0.2, -0.15) is 0 Å². The van der Waals surface area contributed by atoms with Crippen molar-refractivity contribution in [2.75, 3.05) is 30.9 Å². The lowest BCUT2D eigenvalue weighted by Crippen LogP contribution is -2.27. The largest absolute Gasteiger partial charge is 0.373 e. The Morgan fingerprint density at radius 1 is 1.04 bits per heavy atom. The van der Waals surface area contributed by atoms with Crippen molar-refractivity contribution in [1.29, 1.82) is 0 Å². The number of hydrogen-bond donors (Lipinski definition) is 2. The molecule has 0 unspecified atom stereocenters. The first-order chi connectivity index (χ1) is 13.7. The Morgan fingerprint density at radius 2 is 1.89 bits per heavy atom. The van der Waals surface area contributed by atoms with E-state index in [1.54, 1.807) is 37.8 Å². The van der Waals surface area contributed by atoms with Gasteiger partial charge in [-0.1, -0.05) is 12.1 Å². The van der Waals surface area contributed by atoms with Crippen LogP contribution in [0, 0.1) is 0 Å². The second-order valence-electron chi connectivity index (χ2n) is 6.34. The predicted octanol–water partition coefficient (Wildman–Crippen LogP) is 2.52. The molecule has 0 aliphatic carbocycles. The molecule has 7 heteroatoms. The van der Waals surface area contributed by atoms with Crippen LogP contribution in [0.5, 0.6) is 0 Å². The topological polar surface area (TPSA) is 83.0 Å². The first kappa shape index (κ1) is 19.3. The zero-order valence-electron chi connectivity index (χ0n) is 16.1. The maximum atomic E-state index is 12.5. The summed E-state index contributed by atoms with van der Waals surface area (Å²) in [5.74, 6) is 1.36. The maximum absolute atomic E-state index is 12.5. The third-order valence-electron chi connectivity index (χ3n) is 4.38. The second-order valence-corrected chi connectivity index (χ2v) is 6.34. The van der Waals surface area contributed by atoms with E-state index in [-0.39, 0.29) is 5.91 Å². The highest BCUT2D eigenvalue weighted by Crippen LogP contribution is 2.16. The Labute approximate surface area is 164 Å². The van der Waals surface area contributed by atoms with E-state index >= 15 is 0 Å². The number of nitrogens with zero attached hydrogens (tertiary/aromatic N) is 4. The van der Waals surface area contributed by atoms with E-state index in [0.29, 0.717) is 17.9 Å². The van der Waals surface area contributed by atoms with E-state index in [4.69, 9.17) is 0 Å². The van der Waals surface area contributed by atoms with Gasteiger partial charge in [0.05, 0.1) is 0 Å². The fourth-order valence-corrected chi connectivity index (χ4v) is 2.83. The SMILES string of the molecule is CNc1cc(C(=O)NCc2cccnc2N(C)CCc2ccccn2)ccn1. The average molecular weight is 376 g/mol. The molecule has 0 atom stereocenters. The molecule has 0 spiro atoms. The van der Waals surface area contributed by atoms with Gasteiger partial charge in [0.2, 0.25) is 0 Å². The molecule has 1 amide bonds. The Kier molecular flexibility index (Phi) is 6.51. The third-order valence-corrected chi connectivity index (χ3v) is 4.38. The van der Waals surface area contributed by atoms with Gasteiger partial charge in [0, 0.05) is 69.0 Å². The average Bonchev–Trinajstić information content (AvgIpc) is 2.76. The molecule has 0 aliphatic heterocycles. The standard InChI is InChI=1S/C21H24N6O/c1-22-19-14-16(8-12-24-19)21(28)26-15-17-6-5-11-25-20(17)27(2)13-9-18-7-3-4-10-23-18/h3-8,10-12,14H,9,13,15H2,1-2H3,(H,22,24)(H,26,28). The number of rotatable bonds is 8. The summed E-state index contributed by atoms with van der Waals surface area (Å²) in [6, 6.07) is 13.2. The molecular weight excluding hydrogens is 352 g/mol. The zero-order valence-corrected chi connectivity index (χ0v) is 16.1. The molecule has 2 N–H and O–H groups in total. The number of carbonyl (C=O) groups excluding carboxylic acids is 1. The highest BCUT2D eigenvalue weighted by molar-refractivity contribution is 5.94. The number of pyridine rings is 3. The van der Waals surface area contributed by atoms with E-state index in [9.17, 15) is 4.79 Å². The highest BCUT2D eigenvalue weighted by Gasteiger charge is 2.12. The zero-order chi connectivity index (χ0) is 19.8. The van der Waals surface area contributed by atoms with Crippen LogP contribution in [0.3, 0.4) is 0 Å². The Bertz CT molecular complexity index is 916. The molecule has 3 heterocycles. The van der Waals surface area contributed by atoms with Crippen LogP contribution in [0.2, 0.25) is 0 Å². The molecule has 0 aliphatic rings. The maximum Gasteiger partial charge on any atom is 0.251 e. The number of carbonyl (C=O) groups is 1. The number of aromatic nitrogens is 3. The van der Waals surface area contributed by atoms with Crippen molar-refractivity contribution >= 4 is 17.5 Å². The Balaban J connectivity index is 1.63. The molecule has 0 radical (unpaired) electrons. The first-order valence-corrected chi connectivity index (χ1v) is 9.14. The van der Waals surface area contributed by atoms with Gasteiger partial charge in [-0.3, -0.25) is 9.78 Å². The fourth-order valence-electron chi connectivity index (χ4n) is 2.83. The molecule has 3 aromatic heterocycles. The molecule has 0 saturated carbocycles. The van der Waals surface area contributed by atoms with Gasteiger partial charge in [-0.05, 0) is 30.3 Å². The highest BCUT2D eigenvalue weighted by atomic mass is 16.1. The van der Waals surface area contributed by atoms with E-state index < -0.39 is 0 Å². The molecule has 0 saturated heterocycles. The number of hydrogen-bond acceptors (Lipinski definition) is 6. The summed E-state index contributed by atoms with van der Waals surface area (Å²) in [7, 11) is 3.77. The summed E-state index contributed by atoms with van der Waals surface area (Å²) in [6.07, 6.45) is 6.00. The number of amides is 1. The van der Waals surface area contributed by atoms with Crippen molar-refractivity contribution < 1.29 is 4.79 Å². The summed E-state index contributed by atoms with van der Waals surface area (Å²) in [6.45, 7) is 1.18. The van der Waals surface area contributed by atoms with Crippen molar-refractivity contribution in [2.24, 2.45) is 0 Å². The van der Waals surface area contributed by atoms with Crippen LogP contribution in [-0.2, 0) is 13.0 Å². The van der Waals surface area contributed by atoms with Crippen molar-refractivity contribution in [3.8, 4) is 0 Å². The van der Waals surface area contributed by atoms with Gasteiger partial charge in [0.1, 0.15) is 11.6 Å².